The lowest BCUT2D eigenvalue weighted by Gasteiger charge is -2.14. The number of thiophene rings is 1. The Kier molecular flexibility index (Phi) is 7.48. The average molecular weight is 547 g/mol. The maximum Gasteiger partial charge on any atom is 0.339 e. The first-order chi connectivity index (χ1) is 17.1. The molecule has 36 heavy (non-hydrogen) atoms. The van der Waals surface area contributed by atoms with Crippen LogP contribution in [0.5, 0.6) is 5.75 Å². The van der Waals surface area contributed by atoms with Gasteiger partial charge >= 0.3 is 5.97 Å². The maximum absolute atomic E-state index is 13.5. The van der Waals surface area contributed by atoms with E-state index in [0.29, 0.717) is 20.4 Å². The molecule has 12 heteroatoms. The Hall–Kier alpha value is -3.61. The summed E-state index contributed by atoms with van der Waals surface area (Å²) in [5.41, 5.74) is 1.11. The number of anilines is 1. The maximum atomic E-state index is 13.5. The molecule has 2 heterocycles. The fraction of sp³-hybridized carbons (Fsp3) is 0.0833. The van der Waals surface area contributed by atoms with Crippen LogP contribution in [0, 0.1) is 11.6 Å². The van der Waals surface area contributed by atoms with Gasteiger partial charge in [0.15, 0.2) is 11.6 Å². The van der Waals surface area contributed by atoms with E-state index in [1.54, 1.807) is 17.5 Å². The summed E-state index contributed by atoms with van der Waals surface area (Å²) in [5, 5.41) is 23.0. The molecule has 184 valence electrons. The van der Waals surface area contributed by atoms with Gasteiger partial charge in [-0.1, -0.05) is 30.0 Å². The van der Waals surface area contributed by atoms with Crippen LogP contribution >= 0.6 is 35.3 Å². The minimum atomic E-state index is -1.30. The molecule has 1 aliphatic heterocycles. The van der Waals surface area contributed by atoms with Crippen LogP contribution < -0.4 is 5.32 Å². The Morgan fingerprint density at radius 2 is 1.86 bits per heavy atom. The average Bonchev–Trinajstić information content (AvgIpc) is 3.38. The highest BCUT2D eigenvalue weighted by Gasteiger charge is 2.32. The van der Waals surface area contributed by atoms with Crippen molar-refractivity contribution < 1.29 is 33.4 Å². The summed E-state index contributed by atoms with van der Waals surface area (Å²) < 4.78 is 27.0. The number of carbonyl (C=O) groups excluding carboxylic acids is 2. The number of rotatable bonds is 7. The van der Waals surface area contributed by atoms with E-state index in [2.05, 4.69) is 5.32 Å². The quantitative estimate of drug-likeness (QED) is 0.272. The van der Waals surface area contributed by atoms with Crippen molar-refractivity contribution in [3.05, 3.63) is 74.8 Å². The van der Waals surface area contributed by atoms with Gasteiger partial charge in [-0.05, 0) is 52.9 Å². The molecule has 0 spiro atoms. The zero-order chi connectivity index (χ0) is 26.0. The van der Waals surface area contributed by atoms with Gasteiger partial charge in [0, 0.05) is 29.6 Å². The van der Waals surface area contributed by atoms with E-state index in [1.807, 2.05) is 0 Å². The molecule has 2 amide bonds. The first-order valence-electron chi connectivity index (χ1n) is 10.3. The lowest BCUT2D eigenvalue weighted by molar-refractivity contribution is -0.122. The first kappa shape index (κ1) is 25.5. The molecular formula is C24H16F2N2O5S3. The van der Waals surface area contributed by atoms with E-state index in [9.17, 15) is 28.3 Å². The van der Waals surface area contributed by atoms with E-state index in [-0.39, 0.29) is 30.1 Å². The number of hydrogen-bond acceptors (Lipinski definition) is 7. The van der Waals surface area contributed by atoms with E-state index in [4.69, 9.17) is 17.3 Å². The van der Waals surface area contributed by atoms with Crippen molar-refractivity contribution in [3.63, 3.8) is 0 Å². The number of carboxylic acids is 1. The molecule has 0 unspecified atom stereocenters. The highest BCUT2D eigenvalue weighted by molar-refractivity contribution is 8.26. The lowest BCUT2D eigenvalue weighted by Crippen LogP contribution is -2.31. The van der Waals surface area contributed by atoms with Crippen molar-refractivity contribution in [3.8, 4) is 16.9 Å². The van der Waals surface area contributed by atoms with Crippen LogP contribution in [-0.2, 0) is 9.59 Å². The van der Waals surface area contributed by atoms with Crippen LogP contribution in [-0.4, -0.2) is 43.8 Å². The Balaban J connectivity index is 1.38. The van der Waals surface area contributed by atoms with Gasteiger partial charge in [-0.3, -0.25) is 14.5 Å². The number of halogens is 2. The molecule has 1 fully saturated rings. The van der Waals surface area contributed by atoms with E-state index in [1.165, 1.54) is 34.4 Å². The summed E-state index contributed by atoms with van der Waals surface area (Å²) in [4.78, 5) is 38.5. The van der Waals surface area contributed by atoms with E-state index in [0.717, 1.165) is 34.8 Å². The van der Waals surface area contributed by atoms with E-state index >= 15 is 0 Å². The summed E-state index contributed by atoms with van der Waals surface area (Å²) in [6, 6.07) is 9.02. The number of carboxylic acid groups (broad SMARTS) is 1. The summed E-state index contributed by atoms with van der Waals surface area (Å²) in [7, 11) is 0. The smallest absolute Gasteiger partial charge is 0.339 e. The Morgan fingerprint density at radius 1 is 1.08 bits per heavy atom. The predicted molar refractivity (Wildman–Crippen MR) is 138 cm³/mol. The molecule has 4 rings (SSSR count). The third-order valence-corrected chi connectivity index (χ3v) is 7.35. The number of nitrogens with one attached hydrogen (secondary N) is 1. The number of benzene rings is 2. The van der Waals surface area contributed by atoms with Gasteiger partial charge in [0.1, 0.15) is 15.6 Å². The third kappa shape index (κ3) is 5.61. The Labute approximate surface area is 217 Å². The van der Waals surface area contributed by atoms with Crippen molar-refractivity contribution in [1.29, 1.82) is 0 Å². The Bertz CT molecular complexity index is 1440. The highest BCUT2D eigenvalue weighted by atomic mass is 32.2. The monoisotopic (exact) mass is 546 g/mol. The van der Waals surface area contributed by atoms with Gasteiger partial charge in [0.25, 0.3) is 5.91 Å². The van der Waals surface area contributed by atoms with Crippen LogP contribution in [0.15, 0.2) is 52.7 Å². The highest BCUT2D eigenvalue weighted by Crippen LogP contribution is 2.35. The van der Waals surface area contributed by atoms with Crippen molar-refractivity contribution >= 4 is 69.2 Å². The largest absolute Gasteiger partial charge is 0.507 e. The molecule has 0 radical (unpaired) electrons. The molecule has 2 aromatic carbocycles. The SMILES string of the molecule is O=C(CCN1C(=O)/C(=C/c2cc(-c3ccc(F)c(F)c3)cs2)SC1=S)Nc1ccc(C(=O)O)c(O)c1. The van der Waals surface area contributed by atoms with Gasteiger partial charge in [0.2, 0.25) is 5.91 Å². The third-order valence-electron chi connectivity index (χ3n) is 5.09. The second-order valence-electron chi connectivity index (χ2n) is 7.54. The summed E-state index contributed by atoms with van der Waals surface area (Å²) >= 11 is 7.71. The van der Waals surface area contributed by atoms with Crippen molar-refractivity contribution in [2.24, 2.45) is 0 Å². The summed E-state index contributed by atoms with van der Waals surface area (Å²) in [6.45, 7) is 0.0254. The van der Waals surface area contributed by atoms with Gasteiger partial charge in [-0.2, -0.15) is 0 Å². The van der Waals surface area contributed by atoms with Crippen molar-refractivity contribution in [2.45, 2.75) is 6.42 Å². The number of aromatic carboxylic acids is 1. The first-order valence-corrected chi connectivity index (χ1v) is 12.4. The Morgan fingerprint density at radius 3 is 2.56 bits per heavy atom. The number of hydrogen-bond donors (Lipinski definition) is 3. The van der Waals surface area contributed by atoms with E-state index < -0.39 is 29.3 Å². The second-order valence-corrected chi connectivity index (χ2v) is 10.2. The van der Waals surface area contributed by atoms with Gasteiger partial charge < -0.3 is 15.5 Å². The molecule has 1 saturated heterocycles. The topological polar surface area (TPSA) is 107 Å². The normalized spacial score (nSPS) is 14.5. The molecule has 3 N–H and O–H groups in total. The molecule has 0 saturated carbocycles. The van der Waals surface area contributed by atoms with Crippen LogP contribution in [0.3, 0.4) is 0 Å². The van der Waals surface area contributed by atoms with Crippen LogP contribution in [0.4, 0.5) is 14.5 Å². The fourth-order valence-corrected chi connectivity index (χ4v) is 5.53. The number of thiocarbonyl (C=S) groups is 1. The molecule has 0 bridgehead atoms. The molecule has 0 aliphatic carbocycles. The number of nitrogens with zero attached hydrogens (tertiary/aromatic N) is 1. The van der Waals surface area contributed by atoms with Crippen LogP contribution in [0.1, 0.15) is 21.7 Å². The number of thioether (sulfide) groups is 1. The van der Waals surface area contributed by atoms with Gasteiger partial charge in [0.05, 0.1) is 4.91 Å². The zero-order valence-corrected chi connectivity index (χ0v) is 20.6. The number of phenols is 1. The molecule has 1 aliphatic rings. The van der Waals surface area contributed by atoms with Crippen molar-refractivity contribution in [1.82, 2.24) is 4.90 Å². The van der Waals surface area contributed by atoms with Gasteiger partial charge in [-0.25, -0.2) is 13.6 Å². The minimum Gasteiger partial charge on any atom is -0.507 e. The van der Waals surface area contributed by atoms with Crippen molar-refractivity contribution in [2.75, 3.05) is 11.9 Å². The van der Waals surface area contributed by atoms with Crippen LogP contribution in [0.25, 0.3) is 17.2 Å². The number of amides is 2. The molecular weight excluding hydrogens is 530 g/mol. The zero-order valence-electron chi connectivity index (χ0n) is 18.2. The molecule has 1 aromatic heterocycles. The number of aromatic hydroxyl groups is 1. The standard InChI is InChI=1S/C24H16F2N2O5S3/c25-17-4-1-12(8-18(17)26)13-7-15(35-11-13)10-20-22(31)28(24(34)36-20)6-5-21(30)27-14-2-3-16(23(32)33)19(29)9-14/h1-4,7-11,29H,5-6H2,(H,27,30)(H,32,33)/b20-10-. The lowest BCUT2D eigenvalue weighted by atomic mass is 10.1. The minimum absolute atomic E-state index is 0.0254. The summed E-state index contributed by atoms with van der Waals surface area (Å²) in [5.74, 6) is -4.46. The molecule has 3 aromatic rings. The van der Waals surface area contributed by atoms with Gasteiger partial charge in [-0.15, -0.1) is 11.3 Å². The number of carbonyl (C=O) groups is 3. The molecule has 0 atom stereocenters. The predicted octanol–water partition coefficient (Wildman–Crippen LogP) is 5.33. The fourth-order valence-electron chi connectivity index (χ4n) is 3.30. The summed E-state index contributed by atoms with van der Waals surface area (Å²) in [6.07, 6.45) is 1.57. The second kappa shape index (κ2) is 10.6. The van der Waals surface area contributed by atoms with Crippen LogP contribution in [0.2, 0.25) is 0 Å². The molecule has 7 nitrogen and oxygen atoms in total.